The molecule has 4 aliphatic carbocycles. The smallest absolute Gasteiger partial charge is 0.164 e. The minimum atomic E-state index is -0.443. The summed E-state index contributed by atoms with van der Waals surface area (Å²) >= 11 is 0. The van der Waals surface area contributed by atoms with E-state index in [2.05, 4.69) is 133 Å². The molecule has 0 amide bonds. The van der Waals surface area contributed by atoms with Crippen LogP contribution in [0, 0.1) is 0 Å². The van der Waals surface area contributed by atoms with Gasteiger partial charge in [-0.15, -0.1) is 0 Å². The van der Waals surface area contributed by atoms with Crippen molar-refractivity contribution in [1.29, 1.82) is 0 Å². The third-order valence-electron chi connectivity index (χ3n) is 12.0. The molecule has 52 heavy (non-hydrogen) atoms. The van der Waals surface area contributed by atoms with Gasteiger partial charge in [0.15, 0.2) is 17.5 Å². The van der Waals surface area contributed by atoms with Crippen molar-refractivity contribution in [3.05, 3.63) is 191 Å². The van der Waals surface area contributed by atoms with E-state index in [4.69, 9.17) is 15.0 Å². The van der Waals surface area contributed by atoms with Crippen LogP contribution in [0.25, 0.3) is 72.4 Å². The molecule has 8 aromatic rings. The summed E-state index contributed by atoms with van der Waals surface area (Å²) in [5.41, 5.74) is 16.0. The summed E-state index contributed by atoms with van der Waals surface area (Å²) in [5, 5.41) is 5.29. The number of fused-ring (bicyclic) bond motifs is 9. The average molecular weight is 662 g/mol. The predicted molar refractivity (Wildman–Crippen MR) is 211 cm³/mol. The summed E-state index contributed by atoms with van der Waals surface area (Å²) < 4.78 is 0. The molecule has 4 aliphatic rings. The molecule has 0 radical (unpaired) electrons. The number of allylic oxidation sites excluding steroid dienone is 4. The number of benzene rings is 7. The highest BCUT2D eigenvalue weighted by molar-refractivity contribution is 6.17. The molecule has 1 aromatic heterocycles. The Hall–Kier alpha value is -6.45. The first-order chi connectivity index (χ1) is 25.8. The number of hydrogen-bond donors (Lipinski definition) is 0. The molecule has 0 unspecified atom stereocenters. The van der Waals surface area contributed by atoms with Crippen molar-refractivity contribution >= 4 is 27.1 Å². The SMILES string of the molecule is C1=CC2=C(CC1)Cc1ccc(-c3nc(-c4ccccc4)nc(-c4ccc5c(c4)C4(c6ccccc6-5)c5cccc6ccc7cccc4c7c56)n3)cc12. The van der Waals surface area contributed by atoms with Crippen LogP contribution >= 0.6 is 0 Å². The van der Waals surface area contributed by atoms with E-state index in [1.54, 1.807) is 5.57 Å². The predicted octanol–water partition coefficient (Wildman–Crippen LogP) is 11.5. The number of nitrogens with zero attached hydrogens (tertiary/aromatic N) is 3. The normalized spacial score (nSPS) is 15.5. The first-order valence-electron chi connectivity index (χ1n) is 18.3. The summed E-state index contributed by atoms with van der Waals surface area (Å²) in [7, 11) is 0. The minimum absolute atomic E-state index is 0.443. The van der Waals surface area contributed by atoms with Crippen LogP contribution in [0.4, 0.5) is 0 Å². The van der Waals surface area contributed by atoms with Gasteiger partial charge in [-0.25, -0.2) is 15.0 Å². The van der Waals surface area contributed by atoms with E-state index in [0.29, 0.717) is 17.5 Å². The molecule has 0 N–H and O–H groups in total. The Morgan fingerprint density at radius 3 is 1.87 bits per heavy atom. The lowest BCUT2D eigenvalue weighted by Crippen LogP contribution is -2.26. The van der Waals surface area contributed by atoms with E-state index in [1.165, 1.54) is 71.6 Å². The zero-order valence-corrected chi connectivity index (χ0v) is 28.4. The molecule has 1 heterocycles. The third-order valence-corrected chi connectivity index (χ3v) is 12.0. The fraction of sp³-hybridized carbons (Fsp3) is 0.0816. The van der Waals surface area contributed by atoms with Crippen molar-refractivity contribution in [2.45, 2.75) is 24.7 Å². The molecule has 0 saturated heterocycles. The van der Waals surface area contributed by atoms with Crippen LogP contribution in [0.3, 0.4) is 0 Å². The van der Waals surface area contributed by atoms with E-state index in [9.17, 15) is 0 Å². The highest BCUT2D eigenvalue weighted by Gasteiger charge is 2.50. The average Bonchev–Trinajstić information content (AvgIpc) is 3.84. The van der Waals surface area contributed by atoms with Crippen molar-refractivity contribution in [3.63, 3.8) is 0 Å². The van der Waals surface area contributed by atoms with Gasteiger partial charge in [-0.05, 0) is 103 Å². The van der Waals surface area contributed by atoms with Crippen molar-refractivity contribution in [1.82, 2.24) is 15.0 Å². The van der Waals surface area contributed by atoms with Crippen LogP contribution in [0.5, 0.6) is 0 Å². The van der Waals surface area contributed by atoms with Crippen molar-refractivity contribution in [2.75, 3.05) is 0 Å². The zero-order valence-electron chi connectivity index (χ0n) is 28.4. The van der Waals surface area contributed by atoms with Crippen LogP contribution in [0.2, 0.25) is 0 Å². The molecular formula is C49H31N3. The molecule has 0 bridgehead atoms. The van der Waals surface area contributed by atoms with Gasteiger partial charge in [-0.3, -0.25) is 0 Å². The standard InChI is InChI=1S/C49H31N3/c1-2-10-31(11-3-1)46-50-47(34-23-22-33-26-32-12-4-5-15-36(32)39(33)27-34)52-48(51-46)35-24-25-38-37-16-6-7-17-40(37)49(43(38)28-35)41-18-8-13-29-20-21-30-14-9-19-42(49)45(30)44(29)41/h1-3,5-11,13-25,27-28H,4,12,26H2. The summed E-state index contributed by atoms with van der Waals surface area (Å²) in [6.07, 6.45) is 7.92. The van der Waals surface area contributed by atoms with Crippen molar-refractivity contribution in [2.24, 2.45) is 0 Å². The second-order valence-electron chi connectivity index (χ2n) is 14.6. The van der Waals surface area contributed by atoms with Gasteiger partial charge in [0, 0.05) is 16.7 Å². The highest BCUT2D eigenvalue weighted by Crippen LogP contribution is 2.62. The molecule has 3 heteroatoms. The number of aromatic nitrogens is 3. The maximum atomic E-state index is 5.28. The summed E-state index contributed by atoms with van der Waals surface area (Å²) in [5.74, 6) is 2.06. The summed E-state index contributed by atoms with van der Waals surface area (Å²) in [4.78, 5) is 15.6. The lowest BCUT2D eigenvalue weighted by Gasteiger charge is -2.31. The fourth-order valence-corrected chi connectivity index (χ4v) is 9.80. The summed E-state index contributed by atoms with van der Waals surface area (Å²) in [6.45, 7) is 0. The first-order valence-corrected chi connectivity index (χ1v) is 18.3. The van der Waals surface area contributed by atoms with Gasteiger partial charge >= 0.3 is 0 Å². The second kappa shape index (κ2) is 10.3. The van der Waals surface area contributed by atoms with E-state index in [0.717, 1.165) is 36.0 Å². The van der Waals surface area contributed by atoms with Crippen LogP contribution in [-0.2, 0) is 11.8 Å². The van der Waals surface area contributed by atoms with E-state index in [1.807, 2.05) is 18.2 Å². The van der Waals surface area contributed by atoms with Crippen LogP contribution in [0.1, 0.15) is 46.2 Å². The van der Waals surface area contributed by atoms with Crippen LogP contribution in [-0.4, -0.2) is 15.0 Å². The second-order valence-corrected chi connectivity index (χ2v) is 14.6. The molecular weight excluding hydrogens is 631 g/mol. The first kappa shape index (κ1) is 28.3. The largest absolute Gasteiger partial charge is 0.208 e. The number of rotatable bonds is 3. The maximum Gasteiger partial charge on any atom is 0.164 e. The van der Waals surface area contributed by atoms with Gasteiger partial charge in [-0.1, -0.05) is 145 Å². The van der Waals surface area contributed by atoms with E-state index in [-0.39, 0.29) is 0 Å². The molecule has 1 spiro atoms. The van der Waals surface area contributed by atoms with Gasteiger partial charge in [-0.2, -0.15) is 0 Å². The third kappa shape index (κ3) is 3.67. The van der Waals surface area contributed by atoms with Crippen molar-refractivity contribution in [3.8, 4) is 45.3 Å². The maximum absolute atomic E-state index is 5.28. The lowest BCUT2D eigenvalue weighted by molar-refractivity contribution is 0.797. The Bertz CT molecular complexity index is 2870. The Labute approximate surface area is 301 Å². The fourth-order valence-electron chi connectivity index (χ4n) is 9.80. The lowest BCUT2D eigenvalue weighted by atomic mass is 9.70. The highest BCUT2D eigenvalue weighted by atomic mass is 15.0. The quantitative estimate of drug-likeness (QED) is 0.177. The molecule has 3 nitrogen and oxygen atoms in total. The molecule has 0 fully saturated rings. The van der Waals surface area contributed by atoms with Gasteiger partial charge in [0.1, 0.15) is 0 Å². The molecule has 0 saturated carbocycles. The topological polar surface area (TPSA) is 38.7 Å². The monoisotopic (exact) mass is 661 g/mol. The Kier molecular flexibility index (Phi) is 5.60. The minimum Gasteiger partial charge on any atom is -0.208 e. The molecule has 0 atom stereocenters. The molecule has 242 valence electrons. The van der Waals surface area contributed by atoms with E-state index >= 15 is 0 Å². The van der Waals surface area contributed by atoms with Crippen LogP contribution < -0.4 is 0 Å². The number of hydrogen-bond acceptors (Lipinski definition) is 3. The van der Waals surface area contributed by atoms with Gasteiger partial charge in [0.05, 0.1) is 5.41 Å². The Morgan fingerprint density at radius 2 is 1.10 bits per heavy atom. The molecule has 12 rings (SSSR count). The van der Waals surface area contributed by atoms with Gasteiger partial charge < -0.3 is 0 Å². The Balaban J connectivity index is 1.10. The molecule has 0 aliphatic heterocycles. The van der Waals surface area contributed by atoms with Crippen LogP contribution in [0.15, 0.2) is 157 Å². The zero-order chi connectivity index (χ0) is 34.0. The molecule has 7 aromatic carbocycles. The summed E-state index contributed by atoms with van der Waals surface area (Å²) in [6, 6.07) is 51.2. The van der Waals surface area contributed by atoms with Gasteiger partial charge in [0.2, 0.25) is 0 Å². The van der Waals surface area contributed by atoms with Crippen molar-refractivity contribution < 1.29 is 0 Å². The van der Waals surface area contributed by atoms with Gasteiger partial charge in [0.25, 0.3) is 0 Å². The van der Waals surface area contributed by atoms with E-state index < -0.39 is 5.41 Å². The Morgan fingerprint density at radius 1 is 0.462 bits per heavy atom.